The summed E-state index contributed by atoms with van der Waals surface area (Å²) in [7, 11) is 1.51. The number of carbonyl (C=O) groups excluding carboxylic acids is 1. The van der Waals surface area contributed by atoms with Crippen molar-refractivity contribution in [1.29, 1.82) is 0 Å². The molecule has 7 rings (SSSR count). The Balaban J connectivity index is 1.26. The highest BCUT2D eigenvalue weighted by atomic mass is 19.1. The number of hydrogen-bond acceptors (Lipinski definition) is 6. The van der Waals surface area contributed by atoms with Crippen LogP contribution in [0, 0.1) is 11.7 Å². The van der Waals surface area contributed by atoms with Crippen LogP contribution >= 0.6 is 0 Å². The molecule has 3 N–H and O–H groups in total. The summed E-state index contributed by atoms with van der Waals surface area (Å²) in [6.07, 6.45) is 8.01. The summed E-state index contributed by atoms with van der Waals surface area (Å²) >= 11 is 0. The Bertz CT molecular complexity index is 1910. The molecule has 0 aliphatic heterocycles. The van der Waals surface area contributed by atoms with Crippen molar-refractivity contribution in [1.82, 2.24) is 30.1 Å². The van der Waals surface area contributed by atoms with E-state index < -0.39 is 0 Å². The molecule has 40 heavy (non-hydrogen) atoms. The Hall–Kier alpha value is -5.12. The second-order valence-electron chi connectivity index (χ2n) is 9.93. The van der Waals surface area contributed by atoms with Gasteiger partial charge in [-0.3, -0.25) is 14.9 Å². The van der Waals surface area contributed by atoms with E-state index in [1.54, 1.807) is 24.7 Å². The first-order valence-electron chi connectivity index (χ1n) is 13.0. The molecule has 5 aromatic heterocycles. The molecule has 0 radical (unpaired) electrons. The number of nitrogens with one attached hydrogen (secondary N) is 3. The van der Waals surface area contributed by atoms with E-state index in [2.05, 4.69) is 30.5 Å². The Morgan fingerprint density at radius 3 is 2.80 bits per heavy atom. The summed E-state index contributed by atoms with van der Waals surface area (Å²) in [5, 5.41) is 11.4. The summed E-state index contributed by atoms with van der Waals surface area (Å²) in [6, 6.07) is 14.1. The molecule has 0 bridgehead atoms. The molecule has 10 heteroatoms. The lowest BCUT2D eigenvalue weighted by molar-refractivity contribution is -0.122. The van der Waals surface area contributed by atoms with Crippen LogP contribution in [-0.2, 0) is 4.79 Å². The summed E-state index contributed by atoms with van der Waals surface area (Å²) in [5.74, 6) is 0.174. The number of benzene rings is 1. The van der Waals surface area contributed by atoms with Crippen molar-refractivity contribution in [2.45, 2.75) is 19.3 Å². The third-order valence-electron chi connectivity index (χ3n) is 7.39. The number of hydrogen-bond donors (Lipinski definition) is 3. The number of carbonyl (C=O) groups is 1. The second kappa shape index (κ2) is 9.57. The van der Waals surface area contributed by atoms with Crippen LogP contribution in [0.4, 0.5) is 10.1 Å². The number of halogens is 1. The highest BCUT2D eigenvalue weighted by Gasteiger charge is 2.25. The number of rotatable bonds is 6. The quantitative estimate of drug-likeness (QED) is 0.237. The maximum atomic E-state index is 14.3. The number of aromatic nitrogens is 6. The minimum Gasteiger partial charge on any atom is -0.497 e. The van der Waals surface area contributed by atoms with Gasteiger partial charge >= 0.3 is 0 Å². The number of nitrogens with zero attached hydrogens (tertiary/aromatic N) is 4. The molecular weight excluding hydrogens is 509 g/mol. The Kier molecular flexibility index (Phi) is 5.73. The van der Waals surface area contributed by atoms with Gasteiger partial charge in [0, 0.05) is 35.3 Å². The van der Waals surface area contributed by atoms with Gasteiger partial charge in [0.2, 0.25) is 5.91 Å². The van der Waals surface area contributed by atoms with Crippen LogP contribution in [0.2, 0.25) is 0 Å². The number of methoxy groups -OCH3 is 1. The van der Waals surface area contributed by atoms with Crippen LogP contribution in [0.25, 0.3) is 55.8 Å². The monoisotopic (exact) mass is 533 g/mol. The van der Waals surface area contributed by atoms with Crippen LogP contribution < -0.4 is 10.1 Å². The van der Waals surface area contributed by atoms with Gasteiger partial charge in [-0.1, -0.05) is 6.42 Å². The van der Waals surface area contributed by atoms with Crippen molar-refractivity contribution in [3.63, 3.8) is 0 Å². The van der Waals surface area contributed by atoms with Crippen LogP contribution in [0.3, 0.4) is 0 Å². The van der Waals surface area contributed by atoms with Gasteiger partial charge in [0.05, 0.1) is 35.9 Å². The smallest absolute Gasteiger partial charge is 0.227 e. The highest BCUT2D eigenvalue weighted by molar-refractivity contribution is 5.99. The number of ether oxygens (including phenoxy) is 1. The molecular formula is C30H24FN7O2. The molecule has 1 aromatic carbocycles. The third-order valence-corrected chi connectivity index (χ3v) is 7.39. The first kappa shape index (κ1) is 24.0. The molecule has 1 aliphatic rings. The normalized spacial score (nSPS) is 13.4. The van der Waals surface area contributed by atoms with E-state index in [0.29, 0.717) is 45.2 Å². The molecule has 1 fully saturated rings. The summed E-state index contributed by atoms with van der Waals surface area (Å²) in [6.45, 7) is 0. The van der Waals surface area contributed by atoms with E-state index in [1.165, 1.54) is 19.2 Å². The topological polar surface area (TPSA) is 121 Å². The number of aromatic amines is 2. The number of fused-ring (bicyclic) bond motifs is 2. The molecule has 1 amide bonds. The van der Waals surface area contributed by atoms with Gasteiger partial charge in [-0.05, 0) is 66.4 Å². The SMILES string of the molecule is COc1cc(F)cc(-c2ccnc3[nH]c(-c4n[nH]c5ccc(-c6cncc(NC(=O)C7CCC7)c6)nc45)cc23)c1. The maximum Gasteiger partial charge on any atom is 0.227 e. The summed E-state index contributed by atoms with van der Waals surface area (Å²) in [5.41, 5.74) is 7.03. The van der Waals surface area contributed by atoms with Gasteiger partial charge in [0.25, 0.3) is 0 Å². The van der Waals surface area contributed by atoms with Gasteiger partial charge in [0.1, 0.15) is 28.4 Å². The molecule has 1 aliphatic carbocycles. The lowest BCUT2D eigenvalue weighted by Crippen LogP contribution is -2.28. The van der Waals surface area contributed by atoms with Crippen LogP contribution in [0.1, 0.15) is 19.3 Å². The van der Waals surface area contributed by atoms with E-state index in [0.717, 1.165) is 41.3 Å². The predicted octanol–water partition coefficient (Wildman–Crippen LogP) is 6.12. The van der Waals surface area contributed by atoms with Crippen LogP contribution in [-0.4, -0.2) is 43.2 Å². The third kappa shape index (κ3) is 4.23. The van der Waals surface area contributed by atoms with Crippen molar-refractivity contribution in [2.75, 3.05) is 12.4 Å². The van der Waals surface area contributed by atoms with Crippen LogP contribution in [0.15, 0.2) is 67.1 Å². The minimum atomic E-state index is -0.383. The van der Waals surface area contributed by atoms with E-state index in [1.807, 2.05) is 30.3 Å². The number of anilines is 1. The molecule has 1 saturated carbocycles. The fourth-order valence-electron chi connectivity index (χ4n) is 5.05. The summed E-state index contributed by atoms with van der Waals surface area (Å²) < 4.78 is 19.5. The molecule has 0 atom stereocenters. The molecule has 9 nitrogen and oxygen atoms in total. The van der Waals surface area contributed by atoms with Gasteiger partial charge in [-0.15, -0.1) is 0 Å². The molecule has 5 heterocycles. The largest absolute Gasteiger partial charge is 0.497 e. The van der Waals surface area contributed by atoms with Crippen molar-refractivity contribution < 1.29 is 13.9 Å². The van der Waals surface area contributed by atoms with Crippen LogP contribution in [0.5, 0.6) is 5.75 Å². The Morgan fingerprint density at radius 2 is 1.98 bits per heavy atom. The van der Waals surface area contributed by atoms with Crippen molar-refractivity contribution >= 4 is 33.7 Å². The standard InChI is InChI=1S/C30H24FN7O2/c1-40-21-11-17(9-19(31)12-21)22-7-8-33-29-23(22)13-26(36-29)28-27-25(37-38-28)6-5-24(35-27)18-10-20(15-32-14-18)34-30(39)16-3-2-4-16/h5-16H,2-4H2,1H3,(H,33,36)(H,34,39)(H,37,38). The van der Waals surface area contributed by atoms with E-state index in [-0.39, 0.29) is 17.6 Å². The van der Waals surface area contributed by atoms with Gasteiger partial charge in [-0.25, -0.2) is 14.4 Å². The highest BCUT2D eigenvalue weighted by Crippen LogP contribution is 2.35. The molecule has 0 saturated heterocycles. The van der Waals surface area contributed by atoms with Crippen molar-refractivity contribution in [2.24, 2.45) is 5.92 Å². The fraction of sp³-hybridized carbons (Fsp3) is 0.167. The zero-order chi connectivity index (χ0) is 27.2. The lowest BCUT2D eigenvalue weighted by Gasteiger charge is -2.24. The maximum absolute atomic E-state index is 14.3. The molecule has 198 valence electrons. The van der Waals surface area contributed by atoms with Gasteiger partial charge < -0.3 is 15.0 Å². The fourth-order valence-corrected chi connectivity index (χ4v) is 5.05. The molecule has 0 spiro atoms. The predicted molar refractivity (Wildman–Crippen MR) is 150 cm³/mol. The average Bonchev–Trinajstić information content (AvgIpc) is 3.55. The zero-order valence-corrected chi connectivity index (χ0v) is 21.5. The lowest BCUT2D eigenvalue weighted by atomic mass is 9.85. The Morgan fingerprint density at radius 1 is 1.07 bits per heavy atom. The van der Waals surface area contributed by atoms with E-state index in [9.17, 15) is 9.18 Å². The van der Waals surface area contributed by atoms with Gasteiger partial charge in [0.15, 0.2) is 0 Å². The average molecular weight is 534 g/mol. The minimum absolute atomic E-state index is 0.0363. The van der Waals surface area contributed by atoms with E-state index >= 15 is 0 Å². The van der Waals surface area contributed by atoms with Crippen molar-refractivity contribution in [3.8, 4) is 39.5 Å². The van der Waals surface area contributed by atoms with Gasteiger partial charge in [-0.2, -0.15) is 5.10 Å². The Labute approximate surface area is 227 Å². The first-order chi connectivity index (χ1) is 19.6. The summed E-state index contributed by atoms with van der Waals surface area (Å²) in [4.78, 5) is 29.5. The van der Waals surface area contributed by atoms with E-state index in [4.69, 9.17) is 9.72 Å². The second-order valence-corrected chi connectivity index (χ2v) is 9.93. The number of amides is 1. The number of pyridine rings is 3. The number of H-pyrrole nitrogens is 2. The first-order valence-corrected chi connectivity index (χ1v) is 13.0. The molecule has 6 aromatic rings. The van der Waals surface area contributed by atoms with Crippen molar-refractivity contribution in [3.05, 3.63) is 72.9 Å². The molecule has 0 unspecified atom stereocenters. The zero-order valence-electron chi connectivity index (χ0n) is 21.5.